The summed E-state index contributed by atoms with van der Waals surface area (Å²) in [5.41, 5.74) is 2.75. The minimum absolute atomic E-state index is 0.109. The maximum absolute atomic E-state index is 13.6. The highest BCUT2D eigenvalue weighted by Gasteiger charge is 2.42. The first kappa shape index (κ1) is 20.5. The third-order valence-electron chi connectivity index (χ3n) is 5.66. The molecule has 3 aromatic rings. The molecule has 31 heavy (non-hydrogen) atoms. The predicted octanol–water partition coefficient (Wildman–Crippen LogP) is 4.25. The fraction of sp³-hybridized carbons (Fsp3) is 0.200. The van der Waals surface area contributed by atoms with Crippen molar-refractivity contribution in [3.63, 3.8) is 0 Å². The van der Waals surface area contributed by atoms with Crippen molar-refractivity contribution in [2.24, 2.45) is 0 Å². The Hall–Kier alpha value is -3.80. The Morgan fingerprint density at radius 2 is 1.61 bits per heavy atom. The van der Waals surface area contributed by atoms with Crippen LogP contribution in [0.2, 0.25) is 0 Å². The van der Waals surface area contributed by atoms with Crippen molar-refractivity contribution in [3.8, 4) is 11.5 Å². The second-order valence-corrected chi connectivity index (χ2v) is 7.42. The van der Waals surface area contributed by atoms with Crippen molar-refractivity contribution in [3.05, 3.63) is 89.5 Å². The van der Waals surface area contributed by atoms with Crippen molar-refractivity contribution in [1.82, 2.24) is 4.90 Å². The normalized spacial score (nSPS) is 17.6. The topological polar surface area (TPSA) is 67.9 Å². The molecule has 0 unspecified atom stereocenters. The van der Waals surface area contributed by atoms with E-state index in [1.807, 2.05) is 60.7 Å². The summed E-state index contributed by atoms with van der Waals surface area (Å²) in [5.74, 6) is 0.480. The van der Waals surface area contributed by atoms with Gasteiger partial charge in [-0.15, -0.1) is 0 Å². The third kappa shape index (κ3) is 3.84. The number of rotatable bonds is 5. The van der Waals surface area contributed by atoms with Crippen LogP contribution < -0.4 is 14.8 Å². The average Bonchev–Trinajstić information content (AvgIpc) is 2.81. The van der Waals surface area contributed by atoms with E-state index in [9.17, 15) is 9.59 Å². The van der Waals surface area contributed by atoms with E-state index in [2.05, 4.69) is 5.32 Å². The Bertz CT molecular complexity index is 1110. The minimum atomic E-state index is -0.585. The van der Waals surface area contributed by atoms with E-state index < -0.39 is 12.0 Å². The highest BCUT2D eigenvalue weighted by atomic mass is 16.5. The number of nitrogens with zero attached hydrogens (tertiary/aromatic N) is 1. The van der Waals surface area contributed by atoms with Crippen molar-refractivity contribution in [1.29, 1.82) is 0 Å². The van der Waals surface area contributed by atoms with Gasteiger partial charge >= 0.3 is 0 Å². The summed E-state index contributed by atoms with van der Waals surface area (Å²) in [5, 5.41) is 3.00. The zero-order valence-electron chi connectivity index (χ0n) is 17.7. The molecule has 0 radical (unpaired) electrons. The Labute approximate surface area is 181 Å². The Balaban J connectivity index is 1.78. The van der Waals surface area contributed by atoms with Crippen molar-refractivity contribution < 1.29 is 19.1 Å². The summed E-state index contributed by atoms with van der Waals surface area (Å²) in [6.45, 7) is 0. The van der Waals surface area contributed by atoms with Gasteiger partial charge in [0.2, 0.25) is 5.91 Å². The number of nitrogens with one attached hydrogen (secondary N) is 1. The van der Waals surface area contributed by atoms with Crippen molar-refractivity contribution >= 4 is 17.5 Å². The SMILES string of the molecule is COc1ccc([C@H]2[C@H](C(=O)Nc3cccc(OC)c3)c3ccccc3C(=O)N2C)cc1. The molecule has 1 heterocycles. The monoisotopic (exact) mass is 416 g/mol. The summed E-state index contributed by atoms with van der Waals surface area (Å²) in [6.07, 6.45) is 0. The molecule has 6 nitrogen and oxygen atoms in total. The molecular weight excluding hydrogens is 392 g/mol. The minimum Gasteiger partial charge on any atom is -0.497 e. The van der Waals surface area contributed by atoms with Crippen LogP contribution in [0, 0.1) is 0 Å². The smallest absolute Gasteiger partial charge is 0.254 e. The summed E-state index contributed by atoms with van der Waals surface area (Å²) in [7, 11) is 4.92. The highest BCUT2D eigenvalue weighted by molar-refractivity contribution is 6.04. The molecule has 2 atom stereocenters. The molecule has 1 aliphatic rings. The fourth-order valence-corrected chi connectivity index (χ4v) is 4.10. The Kier molecular flexibility index (Phi) is 5.62. The number of carbonyl (C=O) groups is 2. The van der Waals surface area contributed by atoms with Crippen LogP contribution in [0.3, 0.4) is 0 Å². The lowest BCUT2D eigenvalue weighted by atomic mass is 9.79. The molecule has 4 rings (SSSR count). The summed E-state index contributed by atoms with van der Waals surface area (Å²) < 4.78 is 10.5. The van der Waals surface area contributed by atoms with Crippen LogP contribution in [-0.2, 0) is 4.79 Å². The molecule has 6 heteroatoms. The molecule has 1 N–H and O–H groups in total. The summed E-state index contributed by atoms with van der Waals surface area (Å²) in [6, 6.07) is 21.5. The number of hydrogen-bond donors (Lipinski definition) is 1. The second kappa shape index (κ2) is 8.52. The lowest BCUT2D eigenvalue weighted by Crippen LogP contribution is -2.44. The summed E-state index contributed by atoms with van der Waals surface area (Å²) >= 11 is 0. The van der Waals surface area contributed by atoms with Crippen molar-refractivity contribution in [2.75, 3.05) is 26.6 Å². The first-order valence-electron chi connectivity index (χ1n) is 9.98. The lowest BCUT2D eigenvalue weighted by Gasteiger charge is -2.39. The molecular formula is C25H24N2O4. The number of amides is 2. The van der Waals surface area contributed by atoms with Crippen molar-refractivity contribution in [2.45, 2.75) is 12.0 Å². The van der Waals surface area contributed by atoms with Crippen LogP contribution in [0.15, 0.2) is 72.8 Å². The zero-order valence-corrected chi connectivity index (χ0v) is 17.7. The molecule has 0 saturated carbocycles. The molecule has 2 amide bonds. The van der Waals surface area contributed by atoms with E-state index in [1.165, 1.54) is 0 Å². The predicted molar refractivity (Wildman–Crippen MR) is 119 cm³/mol. The van der Waals surface area contributed by atoms with Crippen LogP contribution in [0.1, 0.15) is 33.4 Å². The number of anilines is 1. The van der Waals surface area contributed by atoms with Gasteiger partial charge in [0.05, 0.1) is 26.2 Å². The molecule has 0 bridgehead atoms. The zero-order chi connectivity index (χ0) is 22.0. The first-order valence-corrected chi connectivity index (χ1v) is 9.98. The van der Waals surface area contributed by atoms with Crippen LogP contribution in [0.5, 0.6) is 11.5 Å². The number of ether oxygens (including phenoxy) is 2. The quantitative estimate of drug-likeness (QED) is 0.675. The van der Waals surface area contributed by atoms with E-state index in [-0.39, 0.29) is 11.8 Å². The highest BCUT2D eigenvalue weighted by Crippen LogP contribution is 2.42. The van der Waals surface area contributed by atoms with Crippen LogP contribution >= 0.6 is 0 Å². The lowest BCUT2D eigenvalue weighted by molar-refractivity contribution is -0.119. The molecule has 0 aliphatic carbocycles. The molecule has 0 aromatic heterocycles. The number of benzene rings is 3. The van der Waals surface area contributed by atoms with E-state index in [4.69, 9.17) is 9.47 Å². The molecule has 158 valence electrons. The molecule has 1 aliphatic heterocycles. The Morgan fingerprint density at radius 1 is 0.903 bits per heavy atom. The van der Waals surface area contributed by atoms with Gasteiger partial charge in [-0.05, 0) is 41.5 Å². The van der Waals surface area contributed by atoms with Gasteiger partial charge in [0, 0.05) is 24.4 Å². The van der Waals surface area contributed by atoms with E-state index in [0.717, 1.165) is 5.56 Å². The largest absolute Gasteiger partial charge is 0.497 e. The average molecular weight is 416 g/mol. The molecule has 0 spiro atoms. The maximum atomic E-state index is 13.6. The Morgan fingerprint density at radius 3 is 2.32 bits per heavy atom. The summed E-state index contributed by atoms with van der Waals surface area (Å²) in [4.78, 5) is 28.3. The van der Waals surface area contributed by atoms with Gasteiger partial charge in [-0.25, -0.2) is 0 Å². The van der Waals surface area contributed by atoms with Gasteiger partial charge < -0.3 is 19.7 Å². The molecule has 3 aromatic carbocycles. The van der Waals surface area contributed by atoms with Gasteiger partial charge in [0.25, 0.3) is 5.91 Å². The fourth-order valence-electron chi connectivity index (χ4n) is 4.10. The van der Waals surface area contributed by atoms with Gasteiger partial charge in [-0.2, -0.15) is 0 Å². The molecule has 0 saturated heterocycles. The third-order valence-corrected chi connectivity index (χ3v) is 5.66. The number of likely N-dealkylation sites (N-methyl/N-ethyl adjacent to an activating group) is 1. The van der Waals surface area contributed by atoms with E-state index >= 15 is 0 Å². The first-order chi connectivity index (χ1) is 15.0. The maximum Gasteiger partial charge on any atom is 0.254 e. The van der Waals surface area contributed by atoms with Gasteiger partial charge in [-0.3, -0.25) is 9.59 Å². The van der Waals surface area contributed by atoms with Crippen LogP contribution in [-0.4, -0.2) is 38.0 Å². The molecule has 0 fully saturated rings. The number of methoxy groups -OCH3 is 2. The second-order valence-electron chi connectivity index (χ2n) is 7.42. The van der Waals surface area contributed by atoms with Gasteiger partial charge in [-0.1, -0.05) is 36.4 Å². The standard InChI is InChI=1S/C25H24N2O4/c1-27-23(16-11-13-18(30-2)14-12-16)22(20-9-4-5-10-21(20)25(27)29)24(28)26-17-7-6-8-19(15-17)31-3/h4-15,22-23H,1-3H3,(H,26,28)/t22-,23+/m1/s1. The van der Waals surface area contributed by atoms with Crippen LogP contribution in [0.4, 0.5) is 5.69 Å². The van der Waals surface area contributed by atoms with Crippen LogP contribution in [0.25, 0.3) is 0 Å². The van der Waals surface area contributed by atoms with Gasteiger partial charge in [0.15, 0.2) is 0 Å². The number of carbonyl (C=O) groups excluding carboxylic acids is 2. The van der Waals surface area contributed by atoms with E-state index in [1.54, 1.807) is 38.3 Å². The van der Waals surface area contributed by atoms with E-state index in [0.29, 0.717) is 28.3 Å². The van der Waals surface area contributed by atoms with Gasteiger partial charge in [0.1, 0.15) is 11.5 Å². The number of fused-ring (bicyclic) bond motifs is 1. The number of hydrogen-bond acceptors (Lipinski definition) is 4.